The highest BCUT2D eigenvalue weighted by atomic mass is 35.5. The molecule has 0 spiro atoms. The zero-order valence-corrected chi connectivity index (χ0v) is 14.5. The minimum atomic E-state index is -1.08. The van der Waals surface area contributed by atoms with Gasteiger partial charge in [0.05, 0.1) is 24.8 Å². The average Bonchev–Trinajstić information content (AvgIpc) is 2.85. The van der Waals surface area contributed by atoms with E-state index in [4.69, 9.17) is 5.26 Å². The van der Waals surface area contributed by atoms with Crippen LogP contribution in [-0.2, 0) is 4.79 Å². The number of nitrogens with one attached hydrogen (secondary N) is 1. The molecular weight excluding hydrogens is 333 g/mol. The number of alkyl halides is 1. The predicted octanol–water partition coefficient (Wildman–Crippen LogP) is 1.40. The van der Waals surface area contributed by atoms with Gasteiger partial charge in [-0.3, -0.25) is 4.79 Å². The fourth-order valence-corrected chi connectivity index (χ4v) is 5.80. The zero-order chi connectivity index (χ0) is 16.2. The van der Waals surface area contributed by atoms with Crippen molar-refractivity contribution in [1.82, 2.24) is 10.2 Å². The molecule has 5 aliphatic rings. The van der Waals surface area contributed by atoms with Gasteiger partial charge in [0.1, 0.15) is 12.2 Å². The molecule has 2 unspecified atom stereocenters. The number of likely N-dealkylation sites (tertiary alicyclic amines) is 1. The standard InChI is InChI=1S/C17H24FN3O2.ClH/c18-13-3-14(7-19)21(9-13)15(22)8-20-16-11-1-10-2-12(16)6-17(23,4-10)5-11;/h10-14,16,20,23H,1-6,8-9H2;1H/t10?,11?,12?,13-,14-,16?,17?;/m0./s1. The molecule has 0 radical (unpaired) electrons. The molecule has 2 N–H and O–H groups in total. The Hall–Kier alpha value is -0.900. The van der Waals surface area contributed by atoms with Crippen molar-refractivity contribution in [1.29, 1.82) is 5.26 Å². The first-order valence-electron chi connectivity index (χ1n) is 8.76. The summed E-state index contributed by atoms with van der Waals surface area (Å²) in [6.07, 6.45) is 3.95. The number of hydrogen-bond acceptors (Lipinski definition) is 4. The molecule has 7 heteroatoms. The summed E-state index contributed by atoms with van der Waals surface area (Å²) in [6.45, 7) is 0.212. The van der Waals surface area contributed by atoms with E-state index in [0.717, 1.165) is 32.1 Å². The summed E-state index contributed by atoms with van der Waals surface area (Å²) in [4.78, 5) is 13.7. The third-order valence-corrected chi connectivity index (χ3v) is 6.45. The Morgan fingerprint density at radius 1 is 1.29 bits per heavy atom. The van der Waals surface area contributed by atoms with Crippen LogP contribution in [0.15, 0.2) is 0 Å². The summed E-state index contributed by atoms with van der Waals surface area (Å²) in [5.74, 6) is 1.35. The quantitative estimate of drug-likeness (QED) is 0.800. The van der Waals surface area contributed by atoms with E-state index in [1.165, 1.54) is 4.90 Å². The lowest BCUT2D eigenvalue weighted by molar-refractivity contribution is -0.141. The van der Waals surface area contributed by atoms with Crippen molar-refractivity contribution in [3.63, 3.8) is 0 Å². The van der Waals surface area contributed by atoms with Crippen molar-refractivity contribution in [3.8, 4) is 6.07 Å². The van der Waals surface area contributed by atoms with Crippen molar-refractivity contribution in [2.45, 2.75) is 62.4 Å². The molecule has 4 atom stereocenters. The number of aliphatic hydroxyl groups is 1. The summed E-state index contributed by atoms with van der Waals surface area (Å²) >= 11 is 0. The van der Waals surface area contributed by atoms with E-state index in [1.807, 2.05) is 6.07 Å². The van der Waals surface area contributed by atoms with Gasteiger partial charge in [-0.15, -0.1) is 12.4 Å². The Morgan fingerprint density at radius 3 is 2.54 bits per heavy atom. The second kappa shape index (κ2) is 6.44. The van der Waals surface area contributed by atoms with Crippen LogP contribution < -0.4 is 5.32 Å². The van der Waals surface area contributed by atoms with Gasteiger partial charge >= 0.3 is 0 Å². The van der Waals surface area contributed by atoms with Gasteiger partial charge in [-0.1, -0.05) is 0 Å². The molecule has 5 rings (SSSR count). The van der Waals surface area contributed by atoms with E-state index < -0.39 is 17.8 Å². The SMILES string of the molecule is Cl.N#C[C@@H]1C[C@H](F)CN1C(=O)CNC1C2CC3CC1CC(O)(C3)C2. The van der Waals surface area contributed by atoms with Gasteiger partial charge in [0.15, 0.2) is 0 Å². The van der Waals surface area contributed by atoms with Gasteiger partial charge in [0.25, 0.3) is 0 Å². The molecule has 5 nitrogen and oxygen atoms in total. The molecule has 1 heterocycles. The molecule has 4 aliphatic carbocycles. The van der Waals surface area contributed by atoms with Gasteiger partial charge in [-0.05, 0) is 49.9 Å². The molecule has 0 aromatic heterocycles. The molecule has 4 saturated carbocycles. The molecule has 4 bridgehead atoms. The van der Waals surface area contributed by atoms with Crippen LogP contribution in [0.3, 0.4) is 0 Å². The van der Waals surface area contributed by atoms with Crippen LogP contribution in [0, 0.1) is 29.1 Å². The van der Waals surface area contributed by atoms with E-state index >= 15 is 0 Å². The minimum Gasteiger partial charge on any atom is -0.390 e. The number of hydrogen-bond donors (Lipinski definition) is 2. The van der Waals surface area contributed by atoms with Crippen LogP contribution in [0.5, 0.6) is 0 Å². The molecule has 5 fully saturated rings. The largest absolute Gasteiger partial charge is 0.390 e. The van der Waals surface area contributed by atoms with Crippen molar-refractivity contribution in [2.24, 2.45) is 17.8 Å². The number of nitriles is 1. The molecule has 0 aromatic carbocycles. The normalized spacial score (nSPS) is 45.8. The van der Waals surface area contributed by atoms with Crippen molar-refractivity contribution in [3.05, 3.63) is 0 Å². The Labute approximate surface area is 148 Å². The van der Waals surface area contributed by atoms with Crippen molar-refractivity contribution >= 4 is 18.3 Å². The monoisotopic (exact) mass is 357 g/mol. The van der Waals surface area contributed by atoms with Crippen LogP contribution in [0.2, 0.25) is 0 Å². The second-order valence-electron chi connectivity index (χ2n) is 8.12. The maximum atomic E-state index is 13.5. The third-order valence-electron chi connectivity index (χ3n) is 6.45. The Morgan fingerprint density at radius 2 is 1.96 bits per heavy atom. The van der Waals surface area contributed by atoms with Crippen LogP contribution in [0.4, 0.5) is 4.39 Å². The Bertz CT molecular complexity index is 538. The van der Waals surface area contributed by atoms with Gasteiger partial charge < -0.3 is 15.3 Å². The number of halogens is 2. The Kier molecular flexibility index (Phi) is 4.80. The first-order chi connectivity index (χ1) is 11.0. The summed E-state index contributed by atoms with van der Waals surface area (Å²) in [5, 5.41) is 23.0. The average molecular weight is 358 g/mol. The Balaban J connectivity index is 0.00000169. The van der Waals surface area contributed by atoms with E-state index in [-0.39, 0.29) is 43.9 Å². The van der Waals surface area contributed by atoms with E-state index in [2.05, 4.69) is 5.32 Å². The molecule has 24 heavy (non-hydrogen) atoms. The van der Waals surface area contributed by atoms with Gasteiger partial charge in [-0.2, -0.15) is 5.26 Å². The first kappa shape index (κ1) is 17.9. The predicted molar refractivity (Wildman–Crippen MR) is 88.2 cm³/mol. The molecule has 134 valence electrons. The molecule has 1 amide bonds. The third kappa shape index (κ3) is 3.02. The smallest absolute Gasteiger partial charge is 0.237 e. The van der Waals surface area contributed by atoms with Gasteiger partial charge in [0.2, 0.25) is 5.91 Å². The number of carbonyl (C=O) groups is 1. The molecular formula is C17H25ClFN3O2. The lowest BCUT2D eigenvalue weighted by Crippen LogP contribution is -2.61. The summed E-state index contributed by atoms with van der Waals surface area (Å²) in [6, 6.07) is 1.68. The number of amides is 1. The number of carbonyl (C=O) groups excluding carboxylic acids is 1. The van der Waals surface area contributed by atoms with E-state index in [0.29, 0.717) is 17.8 Å². The second-order valence-corrected chi connectivity index (χ2v) is 8.12. The summed E-state index contributed by atoms with van der Waals surface area (Å²) < 4.78 is 13.5. The van der Waals surface area contributed by atoms with Crippen LogP contribution in [0.25, 0.3) is 0 Å². The van der Waals surface area contributed by atoms with Crippen molar-refractivity contribution in [2.75, 3.05) is 13.1 Å². The number of rotatable bonds is 3. The molecule has 1 aliphatic heterocycles. The minimum absolute atomic E-state index is 0. The maximum absolute atomic E-state index is 13.5. The van der Waals surface area contributed by atoms with Gasteiger partial charge in [0, 0.05) is 12.5 Å². The lowest BCUT2D eigenvalue weighted by atomic mass is 9.52. The highest BCUT2D eigenvalue weighted by Gasteiger charge is 2.54. The highest BCUT2D eigenvalue weighted by Crippen LogP contribution is 2.55. The van der Waals surface area contributed by atoms with Gasteiger partial charge in [-0.25, -0.2) is 4.39 Å². The van der Waals surface area contributed by atoms with E-state index in [1.54, 1.807) is 0 Å². The topological polar surface area (TPSA) is 76.4 Å². The summed E-state index contributed by atoms with van der Waals surface area (Å²) in [5.41, 5.74) is -0.471. The fourth-order valence-electron chi connectivity index (χ4n) is 5.80. The maximum Gasteiger partial charge on any atom is 0.237 e. The van der Waals surface area contributed by atoms with Crippen LogP contribution in [-0.4, -0.2) is 52.9 Å². The first-order valence-corrected chi connectivity index (χ1v) is 8.76. The fraction of sp³-hybridized carbons (Fsp3) is 0.882. The van der Waals surface area contributed by atoms with E-state index in [9.17, 15) is 14.3 Å². The summed E-state index contributed by atoms with van der Waals surface area (Å²) in [7, 11) is 0. The van der Waals surface area contributed by atoms with Crippen LogP contribution in [0.1, 0.15) is 38.5 Å². The van der Waals surface area contributed by atoms with Crippen LogP contribution >= 0.6 is 12.4 Å². The number of nitrogens with zero attached hydrogens (tertiary/aromatic N) is 2. The van der Waals surface area contributed by atoms with Crippen molar-refractivity contribution < 1.29 is 14.3 Å². The lowest BCUT2D eigenvalue weighted by Gasteiger charge is -2.58. The highest BCUT2D eigenvalue weighted by molar-refractivity contribution is 5.85. The zero-order valence-electron chi connectivity index (χ0n) is 13.7. The molecule has 0 aromatic rings. The molecule has 1 saturated heterocycles.